The third-order valence-corrected chi connectivity index (χ3v) is 2.95. The molecule has 0 aliphatic carbocycles. The van der Waals surface area contributed by atoms with Crippen molar-refractivity contribution in [3.05, 3.63) is 52.7 Å². The molecule has 3 aromatic rings. The molecule has 2 aromatic heterocycles. The van der Waals surface area contributed by atoms with E-state index in [0.717, 1.165) is 0 Å². The van der Waals surface area contributed by atoms with Crippen molar-refractivity contribution in [1.29, 1.82) is 0 Å². The number of nitrogens with one attached hydrogen (secondary N) is 2. The molecule has 0 bridgehead atoms. The number of H-pyrrole nitrogens is 1. The van der Waals surface area contributed by atoms with Gasteiger partial charge in [-0.05, 0) is 12.1 Å². The fourth-order valence-corrected chi connectivity index (χ4v) is 1.90. The summed E-state index contributed by atoms with van der Waals surface area (Å²) < 4.78 is 1.36. The predicted octanol–water partition coefficient (Wildman–Crippen LogP) is 1.94. The van der Waals surface area contributed by atoms with Crippen LogP contribution in [0, 0.1) is 0 Å². The van der Waals surface area contributed by atoms with Gasteiger partial charge in [0.2, 0.25) is 0 Å². The molecule has 0 fully saturated rings. The Morgan fingerprint density at radius 2 is 1.86 bits per heavy atom. The third kappa shape index (κ3) is 2.88. The molecule has 0 aliphatic heterocycles. The number of aromatic amines is 1. The molecule has 1 amide bonds. The Balaban J connectivity index is 0.000000847. The highest BCUT2D eigenvalue weighted by atomic mass is 16.2. The predicted molar refractivity (Wildman–Crippen MR) is 84.9 cm³/mol. The topological polar surface area (TPSA) is 92.7 Å². The van der Waals surface area contributed by atoms with Gasteiger partial charge >= 0.3 is 5.69 Å². The second-order valence-corrected chi connectivity index (χ2v) is 4.23. The van der Waals surface area contributed by atoms with Crippen molar-refractivity contribution in [1.82, 2.24) is 19.5 Å². The quantitative estimate of drug-likeness (QED) is 0.756. The monoisotopic (exact) mass is 299 g/mol. The number of hydrogen-bond donors (Lipinski definition) is 2. The van der Waals surface area contributed by atoms with Crippen LogP contribution in [0.2, 0.25) is 0 Å². The number of nitrogens with zero attached hydrogens (tertiary/aromatic N) is 3. The number of hydrogen-bond acceptors (Lipinski definition) is 4. The van der Waals surface area contributed by atoms with E-state index in [2.05, 4.69) is 20.3 Å². The first-order valence-electron chi connectivity index (χ1n) is 6.93. The highest BCUT2D eigenvalue weighted by Gasteiger charge is 2.13. The number of carbonyl (C=O) groups excluding carboxylic acids is 1. The minimum atomic E-state index is -0.310. The van der Waals surface area contributed by atoms with E-state index in [-0.39, 0.29) is 17.4 Å². The number of amides is 1. The van der Waals surface area contributed by atoms with Crippen LogP contribution in [0.5, 0.6) is 0 Å². The summed E-state index contributed by atoms with van der Waals surface area (Å²) >= 11 is 0. The van der Waals surface area contributed by atoms with Crippen LogP contribution in [0.1, 0.15) is 24.2 Å². The largest absolute Gasteiger partial charge is 0.327 e. The molecule has 114 valence electrons. The van der Waals surface area contributed by atoms with Crippen LogP contribution in [-0.4, -0.2) is 25.4 Å². The first-order valence-corrected chi connectivity index (χ1v) is 6.93. The van der Waals surface area contributed by atoms with Crippen LogP contribution in [-0.2, 0) is 7.05 Å². The van der Waals surface area contributed by atoms with Crippen molar-refractivity contribution >= 4 is 22.9 Å². The Kier molecular flexibility index (Phi) is 4.67. The van der Waals surface area contributed by atoms with Gasteiger partial charge in [0.1, 0.15) is 11.8 Å². The van der Waals surface area contributed by atoms with Gasteiger partial charge in [-0.15, -0.1) is 0 Å². The summed E-state index contributed by atoms with van der Waals surface area (Å²) in [7, 11) is 1.59. The molecule has 0 aliphatic rings. The summed E-state index contributed by atoms with van der Waals surface area (Å²) in [6, 6.07) is 8.76. The van der Waals surface area contributed by atoms with Crippen LogP contribution >= 0.6 is 0 Å². The molecule has 1 aromatic carbocycles. The van der Waals surface area contributed by atoms with Crippen molar-refractivity contribution in [2.75, 3.05) is 5.32 Å². The summed E-state index contributed by atoms with van der Waals surface area (Å²) in [5.74, 6) is -0.0168. The SMILES string of the molecule is CC.Cn1c(=O)[nH]c2c(NC(=O)c3ccccc3)ncnc21. The van der Waals surface area contributed by atoms with Crippen LogP contribution in [0.3, 0.4) is 0 Å². The molecule has 0 spiro atoms. The van der Waals surface area contributed by atoms with Crippen LogP contribution in [0.4, 0.5) is 5.82 Å². The molecule has 0 saturated carbocycles. The molecule has 3 rings (SSSR count). The maximum absolute atomic E-state index is 12.1. The van der Waals surface area contributed by atoms with E-state index in [1.165, 1.54) is 10.9 Å². The van der Waals surface area contributed by atoms with Crippen molar-refractivity contribution in [2.24, 2.45) is 7.05 Å². The van der Waals surface area contributed by atoms with E-state index < -0.39 is 0 Å². The number of rotatable bonds is 2. The molecule has 7 heteroatoms. The van der Waals surface area contributed by atoms with Gasteiger partial charge in [-0.3, -0.25) is 9.36 Å². The third-order valence-electron chi connectivity index (χ3n) is 2.95. The Bertz CT molecular complexity index is 836. The smallest absolute Gasteiger partial charge is 0.305 e. The second-order valence-electron chi connectivity index (χ2n) is 4.23. The van der Waals surface area contributed by atoms with Gasteiger partial charge in [-0.2, -0.15) is 0 Å². The second kappa shape index (κ2) is 6.66. The minimum absolute atomic E-state index is 0.279. The zero-order valence-electron chi connectivity index (χ0n) is 12.6. The van der Waals surface area contributed by atoms with Crippen molar-refractivity contribution in [3.8, 4) is 0 Å². The lowest BCUT2D eigenvalue weighted by Crippen LogP contribution is -2.13. The molecule has 0 atom stereocenters. The van der Waals surface area contributed by atoms with Crippen molar-refractivity contribution in [2.45, 2.75) is 13.8 Å². The Labute approximate surface area is 127 Å². The summed E-state index contributed by atoms with van der Waals surface area (Å²) in [6.07, 6.45) is 1.30. The van der Waals surface area contributed by atoms with Gasteiger partial charge in [0.15, 0.2) is 11.5 Å². The summed E-state index contributed by atoms with van der Waals surface area (Å²) in [5.41, 5.74) is 1.05. The number of benzene rings is 1. The van der Waals surface area contributed by atoms with E-state index in [0.29, 0.717) is 16.7 Å². The van der Waals surface area contributed by atoms with E-state index in [1.807, 2.05) is 19.9 Å². The zero-order chi connectivity index (χ0) is 16.1. The van der Waals surface area contributed by atoms with Gasteiger partial charge in [-0.1, -0.05) is 32.0 Å². The number of carbonyl (C=O) groups is 1. The van der Waals surface area contributed by atoms with Gasteiger partial charge in [0.25, 0.3) is 5.91 Å². The first kappa shape index (κ1) is 15.4. The highest BCUT2D eigenvalue weighted by Crippen LogP contribution is 2.15. The molecule has 0 unspecified atom stereocenters. The van der Waals surface area contributed by atoms with Crippen LogP contribution < -0.4 is 11.0 Å². The summed E-state index contributed by atoms with van der Waals surface area (Å²) in [5, 5.41) is 2.67. The molecular weight excluding hydrogens is 282 g/mol. The first-order chi connectivity index (χ1) is 10.7. The number of aromatic nitrogens is 4. The molecule has 7 nitrogen and oxygen atoms in total. The molecule has 0 radical (unpaired) electrons. The van der Waals surface area contributed by atoms with Gasteiger partial charge in [0, 0.05) is 12.6 Å². The average molecular weight is 299 g/mol. The lowest BCUT2D eigenvalue weighted by atomic mass is 10.2. The molecular formula is C15H17N5O2. The lowest BCUT2D eigenvalue weighted by Gasteiger charge is -2.04. The van der Waals surface area contributed by atoms with Gasteiger partial charge in [0.05, 0.1) is 0 Å². The minimum Gasteiger partial charge on any atom is -0.305 e. The van der Waals surface area contributed by atoms with Crippen molar-refractivity contribution in [3.63, 3.8) is 0 Å². The Hall–Kier alpha value is -2.96. The zero-order valence-corrected chi connectivity index (χ0v) is 12.6. The molecule has 0 saturated heterocycles. The number of aryl methyl sites for hydroxylation is 1. The normalized spacial score (nSPS) is 9.95. The number of fused-ring (bicyclic) bond motifs is 1. The maximum Gasteiger partial charge on any atom is 0.327 e. The number of imidazole rings is 1. The van der Waals surface area contributed by atoms with Crippen molar-refractivity contribution < 1.29 is 4.79 Å². The fourth-order valence-electron chi connectivity index (χ4n) is 1.90. The van der Waals surface area contributed by atoms with E-state index in [1.54, 1.807) is 31.3 Å². The summed E-state index contributed by atoms with van der Waals surface area (Å²) in [6.45, 7) is 4.00. The van der Waals surface area contributed by atoms with E-state index >= 15 is 0 Å². The molecule has 22 heavy (non-hydrogen) atoms. The molecule has 2 N–H and O–H groups in total. The number of anilines is 1. The average Bonchev–Trinajstić information content (AvgIpc) is 2.86. The summed E-state index contributed by atoms with van der Waals surface area (Å²) in [4.78, 5) is 34.3. The Morgan fingerprint density at radius 3 is 2.55 bits per heavy atom. The Morgan fingerprint density at radius 1 is 1.18 bits per heavy atom. The van der Waals surface area contributed by atoms with Gasteiger partial charge < -0.3 is 10.3 Å². The van der Waals surface area contributed by atoms with Crippen LogP contribution in [0.25, 0.3) is 11.2 Å². The van der Waals surface area contributed by atoms with Gasteiger partial charge in [-0.25, -0.2) is 14.8 Å². The molecule has 2 heterocycles. The van der Waals surface area contributed by atoms with E-state index in [4.69, 9.17) is 0 Å². The van der Waals surface area contributed by atoms with E-state index in [9.17, 15) is 9.59 Å². The maximum atomic E-state index is 12.1. The standard InChI is InChI=1S/C13H11N5O2.C2H6/c1-18-11-9(16-13(18)20)10(14-7-15-11)17-12(19)8-5-3-2-4-6-8;1-2/h2-7H,1H3,(H,16,20)(H,14,15,17,19);1-2H3. The highest BCUT2D eigenvalue weighted by molar-refractivity contribution is 6.06. The van der Waals surface area contributed by atoms with Crippen LogP contribution in [0.15, 0.2) is 41.5 Å². The fraction of sp³-hybridized carbons (Fsp3) is 0.200. The lowest BCUT2D eigenvalue weighted by molar-refractivity contribution is 0.102.